The van der Waals surface area contributed by atoms with Gasteiger partial charge in [0.1, 0.15) is 5.82 Å². The van der Waals surface area contributed by atoms with Gasteiger partial charge in [0.05, 0.1) is 0 Å². The van der Waals surface area contributed by atoms with Crippen LogP contribution in [0.1, 0.15) is 57.6 Å². The first-order chi connectivity index (χ1) is 9.45. The maximum absolute atomic E-state index is 13.7. The largest absolute Gasteiger partial charge is 0.299 e. The van der Waals surface area contributed by atoms with E-state index in [1.807, 2.05) is 0 Å². The van der Waals surface area contributed by atoms with Gasteiger partial charge in [-0.1, -0.05) is 33.8 Å². The Hall–Kier alpha value is -0.890. The van der Waals surface area contributed by atoms with Crippen molar-refractivity contribution in [3.05, 3.63) is 35.1 Å². The van der Waals surface area contributed by atoms with E-state index in [1.54, 1.807) is 12.1 Å². The highest BCUT2D eigenvalue weighted by Crippen LogP contribution is 2.26. The predicted molar refractivity (Wildman–Crippen MR) is 83.3 cm³/mol. The van der Waals surface area contributed by atoms with E-state index in [4.69, 9.17) is 0 Å². The average Bonchev–Trinajstić information content (AvgIpc) is 2.38. The molecule has 1 saturated heterocycles. The fourth-order valence-electron chi connectivity index (χ4n) is 3.14. The second-order valence-electron chi connectivity index (χ2n) is 6.91. The number of nitrogens with zero attached hydrogens (tertiary/aromatic N) is 1. The zero-order valence-corrected chi connectivity index (χ0v) is 13.3. The lowest BCUT2D eigenvalue weighted by Crippen LogP contribution is -2.34. The van der Waals surface area contributed by atoms with Gasteiger partial charge < -0.3 is 0 Å². The van der Waals surface area contributed by atoms with Gasteiger partial charge in [0.2, 0.25) is 0 Å². The fraction of sp³-hybridized carbons (Fsp3) is 0.667. The van der Waals surface area contributed by atoms with Crippen molar-refractivity contribution in [1.82, 2.24) is 4.90 Å². The molecule has 1 fully saturated rings. The summed E-state index contributed by atoms with van der Waals surface area (Å²) in [6.07, 6.45) is 2.56. The van der Waals surface area contributed by atoms with Crippen LogP contribution in [-0.2, 0) is 6.54 Å². The van der Waals surface area contributed by atoms with Gasteiger partial charge in [-0.3, -0.25) is 4.90 Å². The van der Waals surface area contributed by atoms with Crippen LogP contribution in [-0.4, -0.2) is 18.0 Å². The van der Waals surface area contributed by atoms with Gasteiger partial charge in [0.25, 0.3) is 0 Å². The predicted octanol–water partition coefficient (Wildman–Crippen LogP) is 4.82. The molecular formula is C18H28FN. The molecule has 0 aliphatic carbocycles. The van der Waals surface area contributed by atoms with Crippen molar-refractivity contribution in [2.75, 3.05) is 13.1 Å². The van der Waals surface area contributed by atoms with Crippen LogP contribution < -0.4 is 0 Å². The molecule has 0 saturated carbocycles. The molecule has 0 bridgehead atoms. The van der Waals surface area contributed by atoms with Gasteiger partial charge in [-0.2, -0.15) is 0 Å². The third-order valence-corrected chi connectivity index (χ3v) is 4.63. The first-order valence-electron chi connectivity index (χ1n) is 7.97. The molecule has 0 aromatic heterocycles. The smallest absolute Gasteiger partial charge is 0.123 e. The molecule has 20 heavy (non-hydrogen) atoms. The van der Waals surface area contributed by atoms with E-state index < -0.39 is 0 Å². The van der Waals surface area contributed by atoms with Gasteiger partial charge in [-0.15, -0.1) is 0 Å². The Morgan fingerprint density at radius 2 is 1.75 bits per heavy atom. The summed E-state index contributed by atoms with van der Waals surface area (Å²) in [5.41, 5.74) is 2.23. The van der Waals surface area contributed by atoms with E-state index in [0.717, 1.165) is 42.6 Å². The van der Waals surface area contributed by atoms with Crippen LogP contribution in [0.2, 0.25) is 0 Å². The molecule has 0 radical (unpaired) electrons. The lowest BCUT2D eigenvalue weighted by atomic mass is 9.86. The number of hydrogen-bond acceptors (Lipinski definition) is 1. The quantitative estimate of drug-likeness (QED) is 0.763. The molecule has 0 atom stereocenters. The van der Waals surface area contributed by atoms with Crippen LogP contribution in [0.25, 0.3) is 0 Å². The summed E-state index contributed by atoms with van der Waals surface area (Å²) < 4.78 is 13.7. The molecule has 1 aliphatic heterocycles. The summed E-state index contributed by atoms with van der Waals surface area (Å²) in [4.78, 5) is 2.47. The van der Waals surface area contributed by atoms with Crippen molar-refractivity contribution in [3.8, 4) is 0 Å². The molecule has 1 aromatic carbocycles. The average molecular weight is 277 g/mol. The molecule has 0 unspecified atom stereocenters. The van der Waals surface area contributed by atoms with Crippen LogP contribution in [0, 0.1) is 17.7 Å². The second kappa shape index (κ2) is 6.71. The summed E-state index contributed by atoms with van der Waals surface area (Å²) in [5.74, 6) is 1.95. The van der Waals surface area contributed by atoms with E-state index in [2.05, 4.69) is 38.7 Å². The molecule has 1 heterocycles. The number of rotatable bonds is 4. The Kier molecular flexibility index (Phi) is 5.20. The van der Waals surface area contributed by atoms with Gasteiger partial charge in [0, 0.05) is 6.54 Å². The molecule has 1 aliphatic rings. The third kappa shape index (κ3) is 4.05. The topological polar surface area (TPSA) is 3.24 Å². The minimum absolute atomic E-state index is 0.0942. The first-order valence-corrected chi connectivity index (χ1v) is 7.97. The number of piperidine rings is 1. The van der Waals surface area contributed by atoms with Crippen LogP contribution in [0.15, 0.2) is 18.2 Å². The Labute approximate surface area is 123 Å². The van der Waals surface area contributed by atoms with Crippen molar-refractivity contribution in [2.24, 2.45) is 11.8 Å². The van der Waals surface area contributed by atoms with Gasteiger partial charge >= 0.3 is 0 Å². The van der Waals surface area contributed by atoms with Crippen LogP contribution in [0.4, 0.5) is 4.39 Å². The molecule has 1 aromatic rings. The van der Waals surface area contributed by atoms with E-state index in [-0.39, 0.29) is 5.82 Å². The first kappa shape index (κ1) is 15.5. The van der Waals surface area contributed by atoms with E-state index in [0.29, 0.717) is 5.92 Å². The monoisotopic (exact) mass is 277 g/mol. The van der Waals surface area contributed by atoms with Crippen LogP contribution in [0.5, 0.6) is 0 Å². The fourth-order valence-corrected chi connectivity index (χ4v) is 3.14. The molecular weight excluding hydrogens is 249 g/mol. The lowest BCUT2D eigenvalue weighted by Gasteiger charge is -2.34. The van der Waals surface area contributed by atoms with Crippen LogP contribution in [0.3, 0.4) is 0 Å². The molecule has 2 heteroatoms. The number of halogens is 1. The highest BCUT2D eigenvalue weighted by atomic mass is 19.1. The maximum Gasteiger partial charge on any atom is 0.123 e. The number of benzene rings is 1. The summed E-state index contributed by atoms with van der Waals surface area (Å²) in [6, 6.07) is 5.53. The zero-order chi connectivity index (χ0) is 14.7. The Morgan fingerprint density at radius 3 is 2.30 bits per heavy atom. The van der Waals surface area contributed by atoms with E-state index >= 15 is 0 Å². The van der Waals surface area contributed by atoms with Crippen LogP contribution >= 0.6 is 0 Å². The zero-order valence-electron chi connectivity index (χ0n) is 13.3. The second-order valence-corrected chi connectivity index (χ2v) is 6.91. The third-order valence-electron chi connectivity index (χ3n) is 4.63. The Balaban J connectivity index is 1.97. The van der Waals surface area contributed by atoms with Crippen molar-refractivity contribution in [1.29, 1.82) is 0 Å². The highest BCUT2D eigenvalue weighted by Gasteiger charge is 2.21. The van der Waals surface area contributed by atoms with Crippen molar-refractivity contribution < 1.29 is 4.39 Å². The standard InChI is InChI=1S/C18H28FN/c1-13(2)16-5-7-20(8-6-16)12-15-9-17(14(3)4)11-18(19)10-15/h9-11,13-14,16H,5-8,12H2,1-4H3. The highest BCUT2D eigenvalue weighted by molar-refractivity contribution is 5.26. The minimum Gasteiger partial charge on any atom is -0.299 e. The number of likely N-dealkylation sites (tertiary alicyclic amines) is 1. The normalized spacial score (nSPS) is 18.1. The van der Waals surface area contributed by atoms with Gasteiger partial charge in [-0.05, 0) is 66.9 Å². The molecule has 0 amide bonds. The summed E-state index contributed by atoms with van der Waals surface area (Å²) >= 11 is 0. The Morgan fingerprint density at radius 1 is 1.10 bits per heavy atom. The summed E-state index contributed by atoms with van der Waals surface area (Å²) in [5, 5.41) is 0. The van der Waals surface area contributed by atoms with Gasteiger partial charge in [0.15, 0.2) is 0 Å². The molecule has 112 valence electrons. The van der Waals surface area contributed by atoms with Crippen molar-refractivity contribution in [3.63, 3.8) is 0 Å². The molecule has 1 nitrogen and oxygen atoms in total. The SMILES string of the molecule is CC(C)c1cc(F)cc(CN2CCC(C(C)C)CC2)c1. The summed E-state index contributed by atoms with van der Waals surface area (Å²) in [7, 11) is 0. The lowest BCUT2D eigenvalue weighted by molar-refractivity contribution is 0.152. The molecule has 2 rings (SSSR count). The van der Waals surface area contributed by atoms with E-state index in [9.17, 15) is 4.39 Å². The maximum atomic E-state index is 13.7. The van der Waals surface area contributed by atoms with Crippen molar-refractivity contribution in [2.45, 2.75) is 53.0 Å². The molecule has 0 N–H and O–H groups in total. The van der Waals surface area contributed by atoms with Gasteiger partial charge in [-0.25, -0.2) is 4.39 Å². The summed E-state index contributed by atoms with van der Waals surface area (Å²) in [6.45, 7) is 12.1. The Bertz CT molecular complexity index is 431. The number of hydrogen-bond donors (Lipinski definition) is 0. The van der Waals surface area contributed by atoms with Crippen molar-refractivity contribution >= 4 is 0 Å². The minimum atomic E-state index is -0.0942. The molecule has 0 spiro atoms. The van der Waals surface area contributed by atoms with E-state index in [1.165, 1.54) is 12.8 Å².